The van der Waals surface area contributed by atoms with Gasteiger partial charge in [-0.05, 0) is 59.7 Å². The SMILES string of the molecule is Cc1ccc(NC(=O)CCC(=O)N[C@H](Cc2cccs2)C(=O)N[C@@H](Cc2ccc(-c3ccccc3)cc2)C(=O)N[C@H](Cc2ccccc2)C(=O)NCC(=O)N[C@H](C)C(=O)O)cc1. The minimum Gasteiger partial charge on any atom is -0.480 e. The normalized spacial score (nSPS) is 12.7. The average Bonchev–Trinajstić information content (AvgIpc) is 3.79. The van der Waals surface area contributed by atoms with Gasteiger partial charge in [0.1, 0.15) is 24.2 Å². The Kier molecular flexibility index (Phi) is 17.1. The summed E-state index contributed by atoms with van der Waals surface area (Å²) < 4.78 is 0. The highest BCUT2D eigenvalue weighted by Crippen LogP contribution is 2.20. The molecule has 0 fully saturated rings. The van der Waals surface area contributed by atoms with Crippen LogP contribution in [0.1, 0.15) is 41.3 Å². The van der Waals surface area contributed by atoms with E-state index in [9.17, 15) is 33.6 Å². The third kappa shape index (κ3) is 14.9. The number of nitrogens with one attached hydrogen (secondary N) is 6. The van der Waals surface area contributed by atoms with Crippen molar-refractivity contribution in [3.05, 3.63) is 148 Å². The molecule has 0 unspecified atom stereocenters. The Bertz CT molecular complexity index is 2290. The van der Waals surface area contributed by atoms with Gasteiger partial charge in [0.25, 0.3) is 0 Å². The maximum Gasteiger partial charge on any atom is 0.325 e. The van der Waals surface area contributed by atoms with Crippen LogP contribution in [0.15, 0.2) is 127 Å². The highest BCUT2D eigenvalue weighted by molar-refractivity contribution is 7.09. The van der Waals surface area contributed by atoms with Crippen LogP contribution in [0.5, 0.6) is 0 Å². The molecule has 15 heteroatoms. The monoisotopic (exact) mass is 858 g/mol. The fourth-order valence-electron chi connectivity index (χ4n) is 6.35. The molecule has 7 N–H and O–H groups in total. The van der Waals surface area contributed by atoms with Gasteiger partial charge in [0.2, 0.25) is 35.4 Å². The van der Waals surface area contributed by atoms with E-state index in [1.54, 1.807) is 42.5 Å². The molecule has 1 heterocycles. The number of hydrogen-bond acceptors (Lipinski definition) is 8. The van der Waals surface area contributed by atoms with E-state index in [2.05, 4.69) is 31.9 Å². The van der Waals surface area contributed by atoms with Gasteiger partial charge in [-0.3, -0.25) is 33.6 Å². The standard InChI is InChI=1S/C47H50N6O8S/c1-30-15-21-36(22-16-30)50-41(54)23-24-42(55)51-40(28-37-14-9-25-62-37)46(59)53-39(27-33-17-19-35(20-18-33)34-12-7-4-8-13-34)45(58)52-38(26-32-10-5-3-6-11-32)44(57)48-29-43(56)49-31(2)47(60)61/h3-22,25,31,38-40H,23-24,26-29H2,1-2H3,(H,48,57)(H,49,56)(H,50,54)(H,51,55)(H,52,58)(H,53,59)(H,60,61)/t31-,38-,39+,40-/m1/s1. The second-order valence-corrected chi connectivity index (χ2v) is 15.8. The first-order valence-electron chi connectivity index (χ1n) is 20.1. The van der Waals surface area contributed by atoms with Crippen LogP contribution in [0.2, 0.25) is 0 Å². The van der Waals surface area contributed by atoms with Crippen molar-refractivity contribution < 1.29 is 38.7 Å². The zero-order chi connectivity index (χ0) is 44.4. The van der Waals surface area contributed by atoms with Crippen LogP contribution in [0, 0.1) is 6.92 Å². The number of hydrogen-bond donors (Lipinski definition) is 7. The van der Waals surface area contributed by atoms with Crippen molar-refractivity contribution in [2.75, 3.05) is 11.9 Å². The molecule has 0 aliphatic carbocycles. The Morgan fingerprint density at radius 3 is 1.69 bits per heavy atom. The molecule has 322 valence electrons. The fraction of sp³-hybridized carbons (Fsp3) is 0.255. The van der Waals surface area contributed by atoms with Gasteiger partial charge >= 0.3 is 5.97 Å². The van der Waals surface area contributed by atoms with Crippen LogP contribution in [-0.2, 0) is 52.8 Å². The first-order valence-corrected chi connectivity index (χ1v) is 21.0. The number of anilines is 1. The lowest BCUT2D eigenvalue weighted by atomic mass is 9.99. The van der Waals surface area contributed by atoms with Crippen molar-refractivity contribution in [3.63, 3.8) is 0 Å². The molecule has 0 aliphatic heterocycles. The summed E-state index contributed by atoms with van der Waals surface area (Å²) in [6.45, 7) is 2.66. The highest BCUT2D eigenvalue weighted by Gasteiger charge is 2.31. The predicted molar refractivity (Wildman–Crippen MR) is 237 cm³/mol. The molecule has 0 bridgehead atoms. The van der Waals surface area contributed by atoms with Crippen molar-refractivity contribution in [2.24, 2.45) is 0 Å². The van der Waals surface area contributed by atoms with Gasteiger partial charge in [0, 0.05) is 42.7 Å². The third-order valence-corrected chi connectivity index (χ3v) is 10.7. The Morgan fingerprint density at radius 1 is 0.548 bits per heavy atom. The molecule has 4 aromatic carbocycles. The van der Waals surface area contributed by atoms with Gasteiger partial charge in [-0.15, -0.1) is 11.3 Å². The Labute approximate surface area is 363 Å². The summed E-state index contributed by atoms with van der Waals surface area (Å²) >= 11 is 1.39. The molecule has 4 atom stereocenters. The topological polar surface area (TPSA) is 212 Å². The first kappa shape index (κ1) is 45.9. The van der Waals surface area contributed by atoms with E-state index in [1.165, 1.54) is 18.3 Å². The van der Waals surface area contributed by atoms with E-state index < -0.39 is 66.2 Å². The van der Waals surface area contributed by atoms with Gasteiger partial charge < -0.3 is 37.0 Å². The molecule has 0 saturated carbocycles. The quantitative estimate of drug-likeness (QED) is 0.0563. The Balaban J connectivity index is 1.35. The van der Waals surface area contributed by atoms with Gasteiger partial charge in [-0.2, -0.15) is 0 Å². The van der Waals surface area contributed by atoms with Crippen molar-refractivity contribution in [3.8, 4) is 11.1 Å². The van der Waals surface area contributed by atoms with E-state index in [0.29, 0.717) is 16.8 Å². The number of aliphatic carboxylic acids is 1. The predicted octanol–water partition coefficient (Wildman–Crippen LogP) is 4.33. The molecular formula is C47H50N6O8S. The molecule has 14 nitrogen and oxygen atoms in total. The lowest BCUT2D eigenvalue weighted by Crippen LogP contribution is -2.58. The highest BCUT2D eigenvalue weighted by atomic mass is 32.1. The van der Waals surface area contributed by atoms with E-state index in [-0.39, 0.29) is 38.0 Å². The second-order valence-electron chi connectivity index (χ2n) is 14.7. The zero-order valence-corrected chi connectivity index (χ0v) is 35.2. The summed E-state index contributed by atoms with van der Waals surface area (Å²) in [6, 6.07) is 32.1. The Morgan fingerprint density at radius 2 is 1.10 bits per heavy atom. The number of aryl methyl sites for hydroxylation is 1. The molecule has 6 amide bonds. The van der Waals surface area contributed by atoms with E-state index >= 15 is 0 Å². The summed E-state index contributed by atoms with van der Waals surface area (Å²) in [5.41, 5.74) is 4.93. The number of benzene rings is 4. The maximum absolute atomic E-state index is 14.4. The van der Waals surface area contributed by atoms with Crippen LogP contribution in [0.25, 0.3) is 11.1 Å². The lowest BCUT2D eigenvalue weighted by Gasteiger charge is -2.26. The van der Waals surface area contributed by atoms with Crippen LogP contribution in [0.3, 0.4) is 0 Å². The number of carbonyl (C=O) groups is 7. The summed E-state index contributed by atoms with van der Waals surface area (Å²) in [4.78, 5) is 92.7. The van der Waals surface area contributed by atoms with Crippen molar-refractivity contribution >= 4 is 58.4 Å². The first-order chi connectivity index (χ1) is 29.8. The van der Waals surface area contributed by atoms with Crippen molar-refractivity contribution in [1.82, 2.24) is 26.6 Å². The number of amides is 6. The minimum absolute atomic E-state index is 0.000647. The molecule has 0 radical (unpaired) electrons. The summed E-state index contributed by atoms with van der Waals surface area (Å²) in [5, 5.41) is 26.9. The largest absolute Gasteiger partial charge is 0.480 e. The van der Waals surface area contributed by atoms with Gasteiger partial charge in [-0.25, -0.2) is 0 Å². The van der Waals surface area contributed by atoms with Crippen LogP contribution >= 0.6 is 11.3 Å². The molecule has 0 spiro atoms. The average molecular weight is 859 g/mol. The second kappa shape index (κ2) is 23.0. The van der Waals surface area contributed by atoms with E-state index in [4.69, 9.17) is 5.11 Å². The fourth-order valence-corrected chi connectivity index (χ4v) is 7.10. The summed E-state index contributed by atoms with van der Waals surface area (Å²) in [6.07, 6.45) is -0.213. The maximum atomic E-state index is 14.4. The van der Waals surface area contributed by atoms with Crippen molar-refractivity contribution in [2.45, 2.75) is 70.1 Å². The summed E-state index contributed by atoms with van der Waals surface area (Å²) in [7, 11) is 0. The number of thiophene rings is 1. The zero-order valence-electron chi connectivity index (χ0n) is 34.4. The summed E-state index contributed by atoms with van der Waals surface area (Å²) in [5.74, 6) is -4.99. The van der Waals surface area contributed by atoms with Crippen LogP contribution in [-0.4, -0.2) is 77.2 Å². The molecule has 5 rings (SSSR count). The lowest BCUT2D eigenvalue weighted by molar-refractivity contribution is -0.141. The molecule has 0 aliphatic rings. The molecule has 1 aromatic heterocycles. The number of carbonyl (C=O) groups excluding carboxylic acids is 6. The van der Waals surface area contributed by atoms with Crippen molar-refractivity contribution in [1.29, 1.82) is 0 Å². The molecule has 0 saturated heterocycles. The smallest absolute Gasteiger partial charge is 0.325 e. The Hall–Kier alpha value is -7.13. The number of carboxylic acids is 1. The van der Waals surface area contributed by atoms with E-state index in [1.807, 2.05) is 91.2 Å². The number of rotatable bonds is 21. The third-order valence-electron chi connectivity index (χ3n) is 9.77. The molecule has 5 aromatic rings. The van der Waals surface area contributed by atoms with Gasteiger partial charge in [0.05, 0.1) is 6.54 Å². The van der Waals surface area contributed by atoms with Gasteiger partial charge in [0.15, 0.2) is 0 Å². The minimum atomic E-state index is -1.25. The molecular weight excluding hydrogens is 809 g/mol. The van der Waals surface area contributed by atoms with E-state index in [0.717, 1.165) is 21.6 Å². The molecule has 62 heavy (non-hydrogen) atoms. The number of carboxylic acid groups (broad SMARTS) is 1. The van der Waals surface area contributed by atoms with Gasteiger partial charge in [-0.1, -0.05) is 109 Å². The van der Waals surface area contributed by atoms with Crippen LogP contribution in [0.4, 0.5) is 5.69 Å². The van der Waals surface area contributed by atoms with Crippen LogP contribution < -0.4 is 31.9 Å².